The number of rotatable bonds is 10. The normalized spacial score (nSPS) is 37.1. The van der Waals surface area contributed by atoms with Gasteiger partial charge in [-0.1, -0.05) is 40.2 Å². The van der Waals surface area contributed by atoms with Crippen molar-refractivity contribution in [3.8, 4) is 0 Å². The van der Waals surface area contributed by atoms with Crippen LogP contribution >= 0.6 is 0 Å². The summed E-state index contributed by atoms with van der Waals surface area (Å²) >= 11 is 0. The van der Waals surface area contributed by atoms with Crippen LogP contribution in [-0.2, 0) is 9.47 Å². The lowest BCUT2D eigenvalue weighted by Gasteiger charge is -2.60. The fourth-order valence-electron chi connectivity index (χ4n) is 7.95. The molecule has 3 fully saturated rings. The van der Waals surface area contributed by atoms with E-state index >= 15 is 0 Å². The van der Waals surface area contributed by atoms with E-state index < -0.39 is 60.5 Å². The van der Waals surface area contributed by atoms with Crippen LogP contribution in [-0.4, -0.2) is 78.4 Å². The Bertz CT molecular complexity index is 960. The van der Waals surface area contributed by atoms with Gasteiger partial charge in [0.1, 0.15) is 12.2 Å². The minimum atomic E-state index is -2.31. The van der Waals surface area contributed by atoms with Crippen molar-refractivity contribution in [1.82, 2.24) is 0 Å². The minimum absolute atomic E-state index is 0.0301. The molecular formula is C30H50O10. The molecule has 3 aliphatic rings. The number of aliphatic hydroxyl groups is 8. The van der Waals surface area contributed by atoms with Crippen LogP contribution in [0.5, 0.6) is 0 Å². The molecule has 8 N–H and O–H groups in total. The van der Waals surface area contributed by atoms with Crippen molar-refractivity contribution in [2.75, 3.05) is 6.61 Å². The van der Waals surface area contributed by atoms with Gasteiger partial charge in [-0.3, -0.25) is 0 Å². The Labute approximate surface area is 237 Å². The first-order chi connectivity index (χ1) is 18.7. The average Bonchev–Trinajstić information content (AvgIpc) is 3.01. The lowest BCUT2D eigenvalue weighted by Crippen LogP contribution is -2.51. The predicted octanol–water partition coefficient (Wildman–Crippen LogP) is 3.85. The van der Waals surface area contributed by atoms with Crippen LogP contribution in [0.25, 0.3) is 0 Å². The Kier molecular flexibility index (Phi) is 10.6. The number of hydrogen-bond donors (Lipinski definition) is 8. The average molecular weight is 571 g/mol. The maximum Gasteiger partial charge on any atom is 0.259 e. The maximum absolute atomic E-state index is 11.0. The molecule has 40 heavy (non-hydrogen) atoms. The van der Waals surface area contributed by atoms with Crippen LogP contribution in [0, 0.1) is 28.6 Å². The highest BCUT2D eigenvalue weighted by Gasteiger charge is 2.56. The zero-order valence-corrected chi connectivity index (χ0v) is 24.3. The molecule has 0 spiro atoms. The molecule has 10 nitrogen and oxygen atoms in total. The van der Waals surface area contributed by atoms with Gasteiger partial charge in [-0.2, -0.15) is 0 Å². The van der Waals surface area contributed by atoms with Gasteiger partial charge < -0.3 is 50.3 Å². The molecule has 0 aromatic rings. The molecule has 10 heteroatoms. The van der Waals surface area contributed by atoms with Gasteiger partial charge in [0.2, 0.25) is 12.0 Å². The van der Waals surface area contributed by atoms with E-state index in [4.69, 9.17) is 9.47 Å². The third-order valence-electron chi connectivity index (χ3n) is 10.00. The molecule has 0 aliphatic heterocycles. The molecule has 3 saturated carbocycles. The topological polar surface area (TPSA) is 180 Å². The first-order valence-electron chi connectivity index (χ1n) is 14.5. The number of hydrogen-bond acceptors (Lipinski definition) is 10. The molecule has 0 saturated heterocycles. The van der Waals surface area contributed by atoms with E-state index in [1.807, 2.05) is 0 Å². The summed E-state index contributed by atoms with van der Waals surface area (Å²) in [5, 5.41) is 80.7. The smallest absolute Gasteiger partial charge is 0.259 e. The quantitative estimate of drug-likeness (QED) is 0.109. The zero-order chi connectivity index (χ0) is 30.0. The molecule has 230 valence electrons. The van der Waals surface area contributed by atoms with Crippen molar-refractivity contribution < 1.29 is 50.3 Å². The maximum atomic E-state index is 11.0. The molecule has 0 radical (unpaired) electrons. The van der Waals surface area contributed by atoms with Crippen LogP contribution < -0.4 is 0 Å². The van der Waals surface area contributed by atoms with Gasteiger partial charge in [-0.05, 0) is 79.6 Å². The second kappa shape index (κ2) is 13.0. The van der Waals surface area contributed by atoms with Gasteiger partial charge in [-0.25, -0.2) is 0 Å². The molecule has 0 bridgehead atoms. The summed E-state index contributed by atoms with van der Waals surface area (Å²) in [4.78, 5) is 0. The summed E-state index contributed by atoms with van der Waals surface area (Å²) < 4.78 is 11.1. The van der Waals surface area contributed by atoms with Crippen molar-refractivity contribution in [2.24, 2.45) is 28.6 Å². The van der Waals surface area contributed by atoms with Crippen LogP contribution in [0.3, 0.4) is 0 Å². The lowest BCUT2D eigenvalue weighted by molar-refractivity contribution is -0.164. The molecular weight excluding hydrogens is 520 g/mol. The molecule has 10 atom stereocenters. The van der Waals surface area contributed by atoms with E-state index in [-0.39, 0.29) is 17.3 Å². The van der Waals surface area contributed by atoms with Gasteiger partial charge in [0.15, 0.2) is 17.3 Å². The third kappa shape index (κ3) is 6.63. The Morgan fingerprint density at radius 2 is 1.62 bits per heavy atom. The molecule has 3 rings (SSSR count). The highest BCUT2D eigenvalue weighted by atomic mass is 16.7. The molecule has 6 unspecified atom stereocenters. The van der Waals surface area contributed by atoms with Crippen molar-refractivity contribution in [2.45, 2.75) is 116 Å². The van der Waals surface area contributed by atoms with E-state index in [1.54, 1.807) is 0 Å². The summed E-state index contributed by atoms with van der Waals surface area (Å²) in [7, 11) is 0. The largest absolute Gasteiger partial charge is 0.506 e. The monoisotopic (exact) mass is 570 g/mol. The Hall–Kier alpha value is -1.82. The van der Waals surface area contributed by atoms with E-state index in [0.29, 0.717) is 30.6 Å². The number of aliphatic hydroxyl groups excluding tert-OH is 8. The summed E-state index contributed by atoms with van der Waals surface area (Å²) in [5.74, 6) is -2.04. The predicted molar refractivity (Wildman–Crippen MR) is 148 cm³/mol. The summed E-state index contributed by atoms with van der Waals surface area (Å²) in [5.41, 5.74) is 1.03. The highest BCUT2D eigenvalue weighted by Crippen LogP contribution is 2.64. The van der Waals surface area contributed by atoms with Gasteiger partial charge >= 0.3 is 0 Å². The van der Waals surface area contributed by atoms with Gasteiger partial charge in [0, 0.05) is 13.0 Å². The first-order valence-corrected chi connectivity index (χ1v) is 14.5. The molecule has 0 amide bonds. The SMILES string of the molecule is C=C1C[C@@]2(C)CCC3[C@@H](C)CCC[C@@]3(C)[C@@H]2CCC1OC(O)/C(OC(O)/C(O)=C(/O)C(C)O)=C(\O)C(O)CCO. The lowest BCUT2D eigenvalue weighted by atomic mass is 9.45. The van der Waals surface area contributed by atoms with E-state index in [2.05, 4.69) is 27.4 Å². The van der Waals surface area contributed by atoms with E-state index in [9.17, 15) is 40.9 Å². The Balaban J connectivity index is 1.85. The highest BCUT2D eigenvalue weighted by molar-refractivity contribution is 5.16. The fourth-order valence-corrected chi connectivity index (χ4v) is 7.95. The van der Waals surface area contributed by atoms with Crippen molar-refractivity contribution in [3.63, 3.8) is 0 Å². The zero-order valence-electron chi connectivity index (χ0n) is 24.3. The summed E-state index contributed by atoms with van der Waals surface area (Å²) in [6.07, 6.45) is -0.362. The molecule has 0 aromatic heterocycles. The molecule has 3 aliphatic carbocycles. The van der Waals surface area contributed by atoms with Gasteiger partial charge in [-0.15, -0.1) is 0 Å². The van der Waals surface area contributed by atoms with Crippen LogP contribution in [0.15, 0.2) is 35.2 Å². The Morgan fingerprint density at radius 3 is 2.25 bits per heavy atom. The van der Waals surface area contributed by atoms with Crippen LogP contribution in [0.1, 0.15) is 85.5 Å². The number of fused-ring (bicyclic) bond motifs is 3. The second-order valence-electron chi connectivity index (χ2n) is 12.8. The molecule has 0 aromatic carbocycles. The van der Waals surface area contributed by atoms with Crippen molar-refractivity contribution in [3.05, 3.63) is 35.2 Å². The van der Waals surface area contributed by atoms with Crippen LogP contribution in [0.4, 0.5) is 0 Å². The Morgan fingerprint density at radius 1 is 0.950 bits per heavy atom. The van der Waals surface area contributed by atoms with Crippen LogP contribution in [0.2, 0.25) is 0 Å². The van der Waals surface area contributed by atoms with Crippen molar-refractivity contribution in [1.29, 1.82) is 0 Å². The summed E-state index contributed by atoms with van der Waals surface area (Å²) in [6, 6.07) is 0. The van der Waals surface area contributed by atoms with Crippen molar-refractivity contribution >= 4 is 0 Å². The van der Waals surface area contributed by atoms with Gasteiger partial charge in [0.05, 0.1) is 6.10 Å². The standard InChI is InChI=1S/C30H50O10/c1-16-7-6-12-30(5)19(16)10-13-29(4)15-17(2)21(8-9-22(29)30)39-28(38)26(24(35)20(33)11-14-31)40-27(37)25(36)23(34)18(3)32/h16,18-22,27-28,31-38H,2,6-15H2,1,3-5H3/b25-23-,26-24+/t16-,18?,19?,20?,21?,22+,27?,28?,29+,30+/m0/s1. The fraction of sp³-hybridized carbons (Fsp3) is 0.800. The molecule has 0 heterocycles. The second-order valence-corrected chi connectivity index (χ2v) is 12.8. The van der Waals surface area contributed by atoms with Gasteiger partial charge in [0.25, 0.3) is 6.29 Å². The minimum Gasteiger partial charge on any atom is -0.506 e. The number of ether oxygens (including phenoxy) is 2. The van der Waals surface area contributed by atoms with E-state index in [1.165, 1.54) is 25.7 Å². The third-order valence-corrected chi connectivity index (χ3v) is 10.00. The summed E-state index contributed by atoms with van der Waals surface area (Å²) in [6.45, 7) is 12.1. The van der Waals surface area contributed by atoms with E-state index in [0.717, 1.165) is 25.3 Å². The first kappa shape index (κ1) is 32.7.